The maximum atomic E-state index is 12.9. The van der Waals surface area contributed by atoms with Crippen LogP contribution in [0.2, 0.25) is 0 Å². The molecule has 1 unspecified atom stereocenters. The first kappa shape index (κ1) is 21.2. The Morgan fingerprint density at radius 2 is 1.90 bits per heavy atom. The van der Waals surface area contributed by atoms with E-state index in [-0.39, 0.29) is 24.5 Å². The summed E-state index contributed by atoms with van der Waals surface area (Å²) in [5, 5.41) is 0. The number of rotatable bonds is 6. The van der Waals surface area contributed by atoms with Crippen LogP contribution < -0.4 is 9.47 Å². The van der Waals surface area contributed by atoms with Crippen molar-refractivity contribution in [1.29, 1.82) is 0 Å². The van der Waals surface area contributed by atoms with Crippen molar-refractivity contribution in [2.75, 3.05) is 32.8 Å². The Kier molecular flexibility index (Phi) is 6.70. The summed E-state index contributed by atoms with van der Waals surface area (Å²) >= 11 is 0. The third kappa shape index (κ3) is 5.34. The van der Waals surface area contributed by atoms with Gasteiger partial charge in [-0.05, 0) is 56.0 Å². The van der Waals surface area contributed by atoms with E-state index in [0.29, 0.717) is 36.7 Å². The fourth-order valence-corrected chi connectivity index (χ4v) is 4.07. The lowest BCUT2D eigenvalue weighted by Crippen LogP contribution is -2.36. The lowest BCUT2D eigenvalue weighted by atomic mass is 10.1. The fourth-order valence-electron chi connectivity index (χ4n) is 4.07. The van der Waals surface area contributed by atoms with Crippen LogP contribution >= 0.6 is 0 Å². The van der Waals surface area contributed by atoms with Crippen LogP contribution in [0.5, 0.6) is 11.6 Å². The highest BCUT2D eigenvalue weighted by molar-refractivity contribution is 5.96. The van der Waals surface area contributed by atoms with Gasteiger partial charge < -0.3 is 19.3 Å². The second-order valence-corrected chi connectivity index (χ2v) is 8.18. The van der Waals surface area contributed by atoms with Crippen molar-refractivity contribution < 1.29 is 19.1 Å². The molecule has 1 aromatic heterocycles. The summed E-state index contributed by atoms with van der Waals surface area (Å²) in [6, 6.07) is 11.2. The number of ether oxygens (including phenoxy) is 2. The number of benzene rings is 1. The molecular formula is C24H29N3O4. The van der Waals surface area contributed by atoms with Crippen LogP contribution in [0, 0.1) is 6.92 Å². The highest BCUT2D eigenvalue weighted by Crippen LogP contribution is 2.23. The number of carbonyl (C=O) groups excluding carboxylic acids is 2. The van der Waals surface area contributed by atoms with E-state index in [2.05, 4.69) is 4.98 Å². The lowest BCUT2D eigenvalue weighted by Gasteiger charge is -2.27. The van der Waals surface area contributed by atoms with Gasteiger partial charge in [0.15, 0.2) is 6.61 Å². The van der Waals surface area contributed by atoms with Gasteiger partial charge in [0.1, 0.15) is 17.4 Å². The van der Waals surface area contributed by atoms with E-state index in [4.69, 9.17) is 9.47 Å². The molecule has 1 aromatic carbocycles. The molecule has 2 fully saturated rings. The summed E-state index contributed by atoms with van der Waals surface area (Å²) < 4.78 is 11.7. The fraction of sp³-hybridized carbons (Fsp3) is 0.458. The molecule has 31 heavy (non-hydrogen) atoms. The first-order valence-electron chi connectivity index (χ1n) is 11.0. The molecular weight excluding hydrogens is 394 g/mol. The maximum absolute atomic E-state index is 12.9. The minimum absolute atomic E-state index is 0.00153. The standard InChI is InChI=1S/C24H29N3O4/c1-18-7-5-8-19(15-18)30-17-22(28)27-14-10-20(16-27)31-23-21(9-6-11-25-23)24(29)26-12-3-2-4-13-26/h5-9,11,15,20H,2-4,10,12-14,16-17H2,1H3. The van der Waals surface area contributed by atoms with E-state index >= 15 is 0 Å². The molecule has 2 aliphatic heterocycles. The van der Waals surface area contributed by atoms with Crippen molar-refractivity contribution in [3.8, 4) is 11.6 Å². The number of piperidine rings is 1. The highest BCUT2D eigenvalue weighted by atomic mass is 16.5. The topological polar surface area (TPSA) is 72.0 Å². The summed E-state index contributed by atoms with van der Waals surface area (Å²) in [7, 11) is 0. The van der Waals surface area contributed by atoms with Crippen molar-refractivity contribution in [1.82, 2.24) is 14.8 Å². The van der Waals surface area contributed by atoms with Crippen LogP contribution in [0.4, 0.5) is 0 Å². The van der Waals surface area contributed by atoms with Crippen LogP contribution in [0.3, 0.4) is 0 Å². The molecule has 0 aliphatic carbocycles. The van der Waals surface area contributed by atoms with Gasteiger partial charge in [-0.15, -0.1) is 0 Å². The van der Waals surface area contributed by atoms with Gasteiger partial charge in [-0.2, -0.15) is 0 Å². The SMILES string of the molecule is Cc1cccc(OCC(=O)N2CCC(Oc3ncccc3C(=O)N3CCCCC3)C2)c1. The van der Waals surface area contributed by atoms with Gasteiger partial charge in [-0.3, -0.25) is 9.59 Å². The van der Waals surface area contributed by atoms with Crippen molar-refractivity contribution in [2.24, 2.45) is 0 Å². The molecule has 2 aliphatic rings. The zero-order valence-corrected chi connectivity index (χ0v) is 18.0. The van der Waals surface area contributed by atoms with E-state index in [0.717, 1.165) is 31.5 Å². The number of aryl methyl sites for hydroxylation is 1. The normalized spacial score (nSPS) is 18.7. The van der Waals surface area contributed by atoms with Crippen LogP contribution in [-0.2, 0) is 4.79 Å². The van der Waals surface area contributed by atoms with Gasteiger partial charge >= 0.3 is 0 Å². The smallest absolute Gasteiger partial charge is 0.260 e. The van der Waals surface area contributed by atoms with Crippen molar-refractivity contribution in [3.05, 3.63) is 53.7 Å². The molecule has 7 heteroatoms. The second-order valence-electron chi connectivity index (χ2n) is 8.18. The molecule has 2 amide bonds. The summed E-state index contributed by atoms with van der Waals surface area (Å²) in [5.74, 6) is 0.946. The third-order valence-corrected chi connectivity index (χ3v) is 5.77. The van der Waals surface area contributed by atoms with Crippen molar-refractivity contribution in [2.45, 2.75) is 38.7 Å². The van der Waals surface area contributed by atoms with Crippen LogP contribution in [-0.4, -0.2) is 65.5 Å². The van der Waals surface area contributed by atoms with E-state index in [9.17, 15) is 9.59 Å². The molecule has 0 radical (unpaired) electrons. The molecule has 0 saturated carbocycles. The number of amides is 2. The number of carbonyl (C=O) groups is 2. The average molecular weight is 424 g/mol. The molecule has 7 nitrogen and oxygen atoms in total. The van der Waals surface area contributed by atoms with Gasteiger partial charge in [0.2, 0.25) is 5.88 Å². The van der Waals surface area contributed by atoms with E-state index in [1.165, 1.54) is 6.42 Å². The molecule has 2 saturated heterocycles. The molecule has 1 atom stereocenters. The third-order valence-electron chi connectivity index (χ3n) is 5.77. The number of pyridine rings is 1. The Hall–Kier alpha value is -3.09. The number of likely N-dealkylation sites (tertiary alicyclic amines) is 2. The first-order chi connectivity index (χ1) is 15.1. The minimum atomic E-state index is -0.189. The Balaban J connectivity index is 1.33. The molecule has 0 N–H and O–H groups in total. The predicted octanol–water partition coefficient (Wildman–Crippen LogP) is 3.07. The van der Waals surface area contributed by atoms with Crippen molar-refractivity contribution >= 4 is 11.8 Å². The summed E-state index contributed by atoms with van der Waals surface area (Å²) in [4.78, 5) is 33.4. The summed E-state index contributed by atoms with van der Waals surface area (Å²) in [5.41, 5.74) is 1.59. The van der Waals surface area contributed by atoms with E-state index in [1.54, 1.807) is 23.2 Å². The first-order valence-corrected chi connectivity index (χ1v) is 11.0. The Bertz CT molecular complexity index is 927. The monoisotopic (exact) mass is 423 g/mol. The van der Waals surface area contributed by atoms with E-state index in [1.807, 2.05) is 36.1 Å². The number of aromatic nitrogens is 1. The molecule has 0 spiro atoms. The number of hydrogen-bond donors (Lipinski definition) is 0. The zero-order valence-electron chi connectivity index (χ0n) is 18.0. The summed E-state index contributed by atoms with van der Waals surface area (Å²) in [6.45, 7) is 4.60. The molecule has 0 bridgehead atoms. The van der Waals surface area contributed by atoms with Gasteiger partial charge in [-0.25, -0.2) is 4.98 Å². The Morgan fingerprint density at radius 1 is 1.06 bits per heavy atom. The molecule has 2 aromatic rings. The maximum Gasteiger partial charge on any atom is 0.260 e. The van der Waals surface area contributed by atoms with Crippen molar-refractivity contribution in [3.63, 3.8) is 0 Å². The molecule has 4 rings (SSSR count). The predicted molar refractivity (Wildman–Crippen MR) is 116 cm³/mol. The highest BCUT2D eigenvalue weighted by Gasteiger charge is 2.30. The van der Waals surface area contributed by atoms with E-state index < -0.39 is 0 Å². The van der Waals surface area contributed by atoms with Crippen LogP contribution in [0.15, 0.2) is 42.6 Å². The number of hydrogen-bond acceptors (Lipinski definition) is 5. The zero-order chi connectivity index (χ0) is 21.6. The van der Waals surface area contributed by atoms with Crippen LogP contribution in [0.25, 0.3) is 0 Å². The van der Waals surface area contributed by atoms with Gasteiger partial charge in [0.05, 0.1) is 6.54 Å². The van der Waals surface area contributed by atoms with Gasteiger partial charge in [0, 0.05) is 32.3 Å². The quantitative estimate of drug-likeness (QED) is 0.714. The molecule has 3 heterocycles. The lowest BCUT2D eigenvalue weighted by molar-refractivity contribution is -0.132. The number of nitrogens with zero attached hydrogens (tertiary/aromatic N) is 3. The van der Waals surface area contributed by atoms with Gasteiger partial charge in [-0.1, -0.05) is 12.1 Å². The van der Waals surface area contributed by atoms with Crippen LogP contribution in [0.1, 0.15) is 41.6 Å². The van der Waals surface area contributed by atoms with Gasteiger partial charge in [0.25, 0.3) is 11.8 Å². The average Bonchev–Trinajstić information content (AvgIpc) is 3.27. The Labute approximate surface area is 183 Å². The second kappa shape index (κ2) is 9.81. The minimum Gasteiger partial charge on any atom is -0.484 e. The Morgan fingerprint density at radius 3 is 2.71 bits per heavy atom. The largest absolute Gasteiger partial charge is 0.484 e. The summed E-state index contributed by atoms with van der Waals surface area (Å²) in [6.07, 6.45) is 5.38. The molecule has 164 valence electrons.